The first-order valence-electron chi connectivity index (χ1n) is 6.38. The zero-order chi connectivity index (χ0) is 14.7. The molecule has 0 spiro atoms. The molecule has 5 nitrogen and oxygen atoms in total. The quantitative estimate of drug-likeness (QED) is 0.795. The lowest BCUT2D eigenvalue weighted by Gasteiger charge is -2.10. The summed E-state index contributed by atoms with van der Waals surface area (Å²) in [6.07, 6.45) is 2.59. The molecule has 0 amide bonds. The van der Waals surface area contributed by atoms with Crippen LogP contribution in [0.15, 0.2) is 55.0 Å². The van der Waals surface area contributed by atoms with Gasteiger partial charge >= 0.3 is 5.97 Å². The zero-order valence-corrected chi connectivity index (χ0v) is 11.1. The van der Waals surface area contributed by atoms with Crippen molar-refractivity contribution >= 4 is 16.7 Å². The molecule has 3 rings (SSSR count). The van der Waals surface area contributed by atoms with Crippen LogP contribution in [0.25, 0.3) is 10.8 Å². The highest BCUT2D eigenvalue weighted by Gasteiger charge is 2.12. The number of fused-ring (bicyclic) bond motifs is 1. The maximum atomic E-state index is 11.1. The van der Waals surface area contributed by atoms with Crippen LogP contribution in [0, 0.1) is 0 Å². The van der Waals surface area contributed by atoms with Gasteiger partial charge in [-0.3, -0.25) is 0 Å². The fourth-order valence-corrected chi connectivity index (χ4v) is 2.12. The number of carboxylic acid groups (broad SMARTS) is 1. The largest absolute Gasteiger partial charge is 0.487 e. The number of hydrogen-bond donors (Lipinski definition) is 1. The molecule has 0 saturated carbocycles. The van der Waals surface area contributed by atoms with Gasteiger partial charge < -0.3 is 9.84 Å². The molecule has 5 heteroatoms. The van der Waals surface area contributed by atoms with Crippen LogP contribution in [0.4, 0.5) is 0 Å². The molecule has 0 aliphatic rings. The lowest BCUT2D eigenvalue weighted by atomic mass is 10.1. The molecular formula is C16H12N2O3. The van der Waals surface area contributed by atoms with E-state index in [4.69, 9.17) is 9.84 Å². The molecule has 21 heavy (non-hydrogen) atoms. The molecule has 2 aromatic carbocycles. The van der Waals surface area contributed by atoms with E-state index < -0.39 is 5.97 Å². The lowest BCUT2D eigenvalue weighted by Crippen LogP contribution is -2.08. The second-order valence-corrected chi connectivity index (χ2v) is 4.45. The predicted octanol–water partition coefficient (Wildman–Crippen LogP) is 2.91. The summed E-state index contributed by atoms with van der Waals surface area (Å²) >= 11 is 0. The normalized spacial score (nSPS) is 10.5. The van der Waals surface area contributed by atoms with Crippen molar-refractivity contribution in [1.82, 2.24) is 9.97 Å². The lowest BCUT2D eigenvalue weighted by molar-refractivity contribution is 0.0692. The summed E-state index contributed by atoms with van der Waals surface area (Å²) in [5, 5.41) is 11.1. The molecular weight excluding hydrogens is 268 g/mol. The molecule has 0 radical (unpaired) electrons. The van der Waals surface area contributed by atoms with Crippen molar-refractivity contribution in [3.8, 4) is 5.75 Å². The van der Waals surface area contributed by atoms with E-state index in [9.17, 15) is 4.79 Å². The van der Waals surface area contributed by atoms with Crippen LogP contribution in [0.1, 0.15) is 16.1 Å². The number of carbonyl (C=O) groups is 1. The Morgan fingerprint density at radius 1 is 1.14 bits per heavy atom. The fourth-order valence-electron chi connectivity index (χ4n) is 2.12. The number of aromatic nitrogens is 2. The van der Waals surface area contributed by atoms with Crippen LogP contribution in [-0.2, 0) is 6.61 Å². The molecule has 104 valence electrons. The fraction of sp³-hybridized carbons (Fsp3) is 0.0625. The number of aromatic carboxylic acids is 1. The zero-order valence-electron chi connectivity index (χ0n) is 11.1. The molecule has 0 aliphatic heterocycles. The molecule has 0 bridgehead atoms. The Morgan fingerprint density at radius 3 is 2.81 bits per heavy atom. The topological polar surface area (TPSA) is 72.3 Å². The summed E-state index contributed by atoms with van der Waals surface area (Å²) in [5.41, 5.74) is 0.406. The smallest absolute Gasteiger partial charge is 0.339 e. The van der Waals surface area contributed by atoms with E-state index in [-0.39, 0.29) is 12.2 Å². The standard InChI is InChI=1S/C16H12N2O3/c19-16(20)13-8-17-10-18-14(13)9-21-15-7-3-5-11-4-1-2-6-12(11)15/h1-8,10H,9H2,(H,19,20). The molecule has 0 unspecified atom stereocenters. The van der Waals surface area contributed by atoms with Gasteiger partial charge in [-0.15, -0.1) is 0 Å². The molecule has 1 heterocycles. The Bertz CT molecular complexity index is 797. The van der Waals surface area contributed by atoms with Crippen molar-refractivity contribution in [2.75, 3.05) is 0 Å². The third kappa shape index (κ3) is 2.67. The molecule has 0 atom stereocenters. The summed E-state index contributed by atoms with van der Waals surface area (Å²) in [6.45, 7) is 0.0815. The summed E-state index contributed by atoms with van der Waals surface area (Å²) in [4.78, 5) is 18.8. The molecule has 3 aromatic rings. The second-order valence-electron chi connectivity index (χ2n) is 4.45. The Hall–Kier alpha value is -2.95. The molecule has 1 N–H and O–H groups in total. The monoisotopic (exact) mass is 280 g/mol. The van der Waals surface area contributed by atoms with Crippen LogP contribution in [-0.4, -0.2) is 21.0 Å². The van der Waals surface area contributed by atoms with E-state index in [2.05, 4.69) is 9.97 Å². The molecule has 0 saturated heterocycles. The highest BCUT2D eigenvalue weighted by molar-refractivity contribution is 5.89. The van der Waals surface area contributed by atoms with Crippen molar-refractivity contribution in [3.05, 3.63) is 66.2 Å². The van der Waals surface area contributed by atoms with Gasteiger partial charge in [0.15, 0.2) is 0 Å². The van der Waals surface area contributed by atoms with E-state index in [0.717, 1.165) is 10.8 Å². The Kier molecular flexibility index (Phi) is 3.47. The van der Waals surface area contributed by atoms with E-state index in [1.54, 1.807) is 0 Å². The average Bonchev–Trinajstić information content (AvgIpc) is 2.53. The number of hydrogen-bond acceptors (Lipinski definition) is 4. The van der Waals surface area contributed by atoms with Crippen LogP contribution in [0.2, 0.25) is 0 Å². The Balaban J connectivity index is 1.89. The van der Waals surface area contributed by atoms with Gasteiger partial charge in [0.05, 0.1) is 5.69 Å². The van der Waals surface area contributed by atoms with Gasteiger partial charge in [-0.05, 0) is 11.5 Å². The minimum Gasteiger partial charge on any atom is -0.487 e. The third-order valence-corrected chi connectivity index (χ3v) is 3.14. The minimum absolute atomic E-state index is 0.0535. The summed E-state index contributed by atoms with van der Waals surface area (Å²) in [5.74, 6) is -0.366. The average molecular weight is 280 g/mol. The second kappa shape index (κ2) is 5.58. The SMILES string of the molecule is O=C(O)c1cncnc1COc1cccc2ccccc12. The van der Waals surface area contributed by atoms with Gasteiger partial charge in [-0.2, -0.15) is 0 Å². The Morgan fingerprint density at radius 2 is 1.95 bits per heavy atom. The van der Waals surface area contributed by atoms with E-state index in [1.165, 1.54) is 12.5 Å². The predicted molar refractivity (Wildman–Crippen MR) is 77.3 cm³/mol. The third-order valence-electron chi connectivity index (χ3n) is 3.14. The van der Waals surface area contributed by atoms with E-state index >= 15 is 0 Å². The highest BCUT2D eigenvalue weighted by atomic mass is 16.5. The van der Waals surface area contributed by atoms with Crippen molar-refractivity contribution in [1.29, 1.82) is 0 Å². The van der Waals surface area contributed by atoms with Gasteiger partial charge in [-0.25, -0.2) is 14.8 Å². The number of rotatable bonds is 4. The highest BCUT2D eigenvalue weighted by Crippen LogP contribution is 2.25. The maximum absolute atomic E-state index is 11.1. The van der Waals surface area contributed by atoms with Gasteiger partial charge in [-0.1, -0.05) is 36.4 Å². The van der Waals surface area contributed by atoms with Crippen LogP contribution < -0.4 is 4.74 Å². The molecule has 0 aliphatic carbocycles. The summed E-state index contributed by atoms with van der Waals surface area (Å²) in [6, 6.07) is 13.6. The minimum atomic E-state index is -1.06. The van der Waals surface area contributed by atoms with Crippen LogP contribution in [0.3, 0.4) is 0 Å². The van der Waals surface area contributed by atoms with Crippen LogP contribution >= 0.6 is 0 Å². The number of benzene rings is 2. The van der Waals surface area contributed by atoms with Gasteiger partial charge in [0, 0.05) is 11.6 Å². The summed E-state index contributed by atoms with van der Waals surface area (Å²) < 4.78 is 5.74. The van der Waals surface area contributed by atoms with Crippen molar-refractivity contribution in [2.45, 2.75) is 6.61 Å². The Labute approximate surface area is 120 Å². The van der Waals surface area contributed by atoms with Crippen molar-refractivity contribution in [3.63, 3.8) is 0 Å². The van der Waals surface area contributed by atoms with E-state index in [0.29, 0.717) is 11.4 Å². The number of carboxylic acids is 1. The van der Waals surface area contributed by atoms with Crippen molar-refractivity contribution in [2.24, 2.45) is 0 Å². The molecule has 1 aromatic heterocycles. The maximum Gasteiger partial charge on any atom is 0.339 e. The first kappa shape index (κ1) is 13.1. The first-order chi connectivity index (χ1) is 10.3. The first-order valence-corrected chi connectivity index (χ1v) is 6.38. The number of nitrogens with zero attached hydrogens (tertiary/aromatic N) is 2. The van der Waals surface area contributed by atoms with Gasteiger partial charge in [0.2, 0.25) is 0 Å². The summed E-state index contributed by atoms with van der Waals surface area (Å²) in [7, 11) is 0. The van der Waals surface area contributed by atoms with Crippen molar-refractivity contribution < 1.29 is 14.6 Å². The van der Waals surface area contributed by atoms with E-state index in [1.807, 2.05) is 42.5 Å². The number of ether oxygens (including phenoxy) is 1. The molecule has 0 fully saturated rings. The van der Waals surface area contributed by atoms with Gasteiger partial charge in [0.1, 0.15) is 24.2 Å². The van der Waals surface area contributed by atoms with Crippen LogP contribution in [0.5, 0.6) is 5.75 Å². The van der Waals surface area contributed by atoms with Gasteiger partial charge in [0.25, 0.3) is 0 Å².